The van der Waals surface area contributed by atoms with Gasteiger partial charge < -0.3 is 5.32 Å². The first-order valence-electron chi connectivity index (χ1n) is 5.83. The smallest absolute Gasteiger partial charge is 0.141 e. The highest BCUT2D eigenvalue weighted by Crippen LogP contribution is 2.27. The number of nitrogens with zero attached hydrogens (tertiary/aromatic N) is 1. The lowest BCUT2D eigenvalue weighted by Crippen LogP contribution is -2.11. The third-order valence-corrected chi connectivity index (χ3v) is 3.41. The number of anilines is 1. The molecule has 94 valence electrons. The number of rotatable bonds is 4. The molecule has 1 atom stereocenters. The second kappa shape index (κ2) is 5.96. The van der Waals surface area contributed by atoms with E-state index in [1.807, 2.05) is 24.3 Å². The predicted octanol–water partition coefficient (Wildman–Crippen LogP) is 4.55. The first-order chi connectivity index (χ1) is 8.70. The standard InChI is InChI=1S/C14H14BrFN2/c1-2-12(14-8-7-10(16)9-17-14)18-13-6-4-3-5-11(13)15/h3-9,12,18H,2H2,1H3. The Morgan fingerprint density at radius 3 is 2.67 bits per heavy atom. The first-order valence-corrected chi connectivity index (χ1v) is 6.62. The van der Waals surface area contributed by atoms with E-state index < -0.39 is 0 Å². The molecule has 0 aliphatic carbocycles. The largest absolute Gasteiger partial charge is 0.376 e. The number of halogens is 2. The van der Waals surface area contributed by atoms with Gasteiger partial charge in [0.05, 0.1) is 17.9 Å². The third kappa shape index (κ3) is 3.07. The summed E-state index contributed by atoms with van der Waals surface area (Å²) in [6.07, 6.45) is 2.12. The third-order valence-electron chi connectivity index (χ3n) is 2.72. The molecule has 18 heavy (non-hydrogen) atoms. The minimum absolute atomic E-state index is 0.0734. The van der Waals surface area contributed by atoms with E-state index in [1.165, 1.54) is 12.3 Å². The molecule has 0 saturated heterocycles. The monoisotopic (exact) mass is 308 g/mol. The Bertz CT molecular complexity index is 513. The van der Waals surface area contributed by atoms with E-state index in [2.05, 4.69) is 33.2 Å². The average molecular weight is 309 g/mol. The second-order valence-corrected chi connectivity index (χ2v) is 4.84. The zero-order valence-corrected chi connectivity index (χ0v) is 11.6. The van der Waals surface area contributed by atoms with Gasteiger partial charge in [-0.1, -0.05) is 19.1 Å². The molecule has 0 radical (unpaired) electrons. The maximum absolute atomic E-state index is 12.9. The topological polar surface area (TPSA) is 24.9 Å². The van der Waals surface area contributed by atoms with Crippen LogP contribution in [0.25, 0.3) is 0 Å². The van der Waals surface area contributed by atoms with Crippen molar-refractivity contribution in [2.75, 3.05) is 5.32 Å². The van der Waals surface area contributed by atoms with Crippen LogP contribution < -0.4 is 5.32 Å². The minimum Gasteiger partial charge on any atom is -0.376 e. The van der Waals surface area contributed by atoms with E-state index in [9.17, 15) is 4.39 Å². The average Bonchev–Trinajstić information content (AvgIpc) is 2.39. The fourth-order valence-electron chi connectivity index (χ4n) is 1.74. The van der Waals surface area contributed by atoms with Crippen molar-refractivity contribution in [3.63, 3.8) is 0 Å². The van der Waals surface area contributed by atoms with E-state index in [4.69, 9.17) is 0 Å². The van der Waals surface area contributed by atoms with Crippen LogP contribution in [0, 0.1) is 5.82 Å². The molecule has 2 nitrogen and oxygen atoms in total. The molecular weight excluding hydrogens is 295 g/mol. The van der Waals surface area contributed by atoms with Crippen molar-refractivity contribution < 1.29 is 4.39 Å². The molecule has 1 N–H and O–H groups in total. The predicted molar refractivity (Wildman–Crippen MR) is 75.0 cm³/mol. The van der Waals surface area contributed by atoms with Gasteiger partial charge in [-0.3, -0.25) is 4.98 Å². The molecule has 0 saturated carbocycles. The molecule has 2 aromatic rings. The van der Waals surface area contributed by atoms with Gasteiger partial charge in [0.25, 0.3) is 0 Å². The number of pyridine rings is 1. The van der Waals surface area contributed by atoms with Gasteiger partial charge in [-0.2, -0.15) is 0 Å². The lowest BCUT2D eigenvalue weighted by atomic mass is 10.1. The van der Waals surface area contributed by atoms with E-state index >= 15 is 0 Å². The summed E-state index contributed by atoms with van der Waals surface area (Å²) in [5.74, 6) is -0.311. The highest BCUT2D eigenvalue weighted by molar-refractivity contribution is 9.10. The van der Waals surface area contributed by atoms with Gasteiger partial charge in [-0.05, 0) is 46.6 Å². The van der Waals surface area contributed by atoms with Crippen molar-refractivity contribution in [3.05, 3.63) is 58.6 Å². The van der Waals surface area contributed by atoms with Crippen molar-refractivity contribution in [2.24, 2.45) is 0 Å². The van der Waals surface area contributed by atoms with E-state index in [1.54, 1.807) is 6.07 Å². The second-order valence-electron chi connectivity index (χ2n) is 3.99. The van der Waals surface area contributed by atoms with Gasteiger partial charge in [-0.15, -0.1) is 0 Å². The van der Waals surface area contributed by atoms with Crippen LogP contribution >= 0.6 is 15.9 Å². The maximum Gasteiger partial charge on any atom is 0.141 e. The van der Waals surface area contributed by atoms with Crippen molar-refractivity contribution in [3.8, 4) is 0 Å². The molecule has 1 aromatic heterocycles. The molecule has 2 rings (SSSR count). The van der Waals surface area contributed by atoms with Crippen LogP contribution in [0.2, 0.25) is 0 Å². The quantitative estimate of drug-likeness (QED) is 0.896. The van der Waals surface area contributed by atoms with Crippen LogP contribution in [0.5, 0.6) is 0 Å². The lowest BCUT2D eigenvalue weighted by molar-refractivity contribution is 0.614. The molecule has 1 heterocycles. The lowest BCUT2D eigenvalue weighted by Gasteiger charge is -2.18. The van der Waals surface area contributed by atoms with Crippen LogP contribution in [-0.2, 0) is 0 Å². The summed E-state index contributed by atoms with van der Waals surface area (Å²) in [5, 5.41) is 3.40. The van der Waals surface area contributed by atoms with Crippen LogP contribution in [0.15, 0.2) is 47.1 Å². The summed E-state index contributed by atoms with van der Waals surface area (Å²) in [4.78, 5) is 4.12. The number of aromatic nitrogens is 1. The Kier molecular flexibility index (Phi) is 4.31. The van der Waals surface area contributed by atoms with Crippen LogP contribution in [-0.4, -0.2) is 4.98 Å². The Morgan fingerprint density at radius 1 is 1.28 bits per heavy atom. The van der Waals surface area contributed by atoms with Gasteiger partial charge in [0, 0.05) is 10.2 Å². The van der Waals surface area contributed by atoms with Gasteiger partial charge in [0.15, 0.2) is 0 Å². The normalized spacial score (nSPS) is 12.2. The Morgan fingerprint density at radius 2 is 2.06 bits per heavy atom. The molecule has 1 aromatic carbocycles. The summed E-state index contributed by atoms with van der Waals surface area (Å²) in [6.45, 7) is 2.07. The first kappa shape index (κ1) is 13.0. The van der Waals surface area contributed by atoms with Gasteiger partial charge in [0.1, 0.15) is 5.82 Å². The molecule has 0 amide bonds. The van der Waals surface area contributed by atoms with Crippen LogP contribution in [0.4, 0.5) is 10.1 Å². The Balaban J connectivity index is 2.20. The molecule has 0 spiro atoms. The number of hydrogen-bond donors (Lipinski definition) is 1. The fraction of sp³-hybridized carbons (Fsp3) is 0.214. The number of hydrogen-bond acceptors (Lipinski definition) is 2. The maximum atomic E-state index is 12.9. The van der Waals surface area contributed by atoms with Crippen molar-refractivity contribution >= 4 is 21.6 Å². The van der Waals surface area contributed by atoms with Crippen molar-refractivity contribution in [1.29, 1.82) is 0 Å². The van der Waals surface area contributed by atoms with Gasteiger partial charge in [0.2, 0.25) is 0 Å². The summed E-state index contributed by atoms with van der Waals surface area (Å²) in [5.41, 5.74) is 1.85. The van der Waals surface area contributed by atoms with Gasteiger partial charge >= 0.3 is 0 Å². The molecule has 0 aliphatic rings. The summed E-state index contributed by atoms with van der Waals surface area (Å²) >= 11 is 3.50. The van der Waals surface area contributed by atoms with Gasteiger partial charge in [-0.25, -0.2) is 4.39 Å². The van der Waals surface area contributed by atoms with Crippen molar-refractivity contribution in [2.45, 2.75) is 19.4 Å². The summed E-state index contributed by atoms with van der Waals surface area (Å²) in [6, 6.07) is 11.1. The van der Waals surface area contributed by atoms with Crippen molar-refractivity contribution in [1.82, 2.24) is 4.98 Å². The molecule has 4 heteroatoms. The van der Waals surface area contributed by atoms with Crippen LogP contribution in [0.1, 0.15) is 25.1 Å². The zero-order valence-electron chi connectivity index (χ0n) is 10.0. The van der Waals surface area contributed by atoms with Crippen LogP contribution in [0.3, 0.4) is 0 Å². The minimum atomic E-state index is -0.311. The SMILES string of the molecule is CCC(Nc1ccccc1Br)c1ccc(F)cn1. The summed E-state index contributed by atoms with van der Waals surface area (Å²) in [7, 11) is 0. The number of benzene rings is 1. The molecule has 0 bridgehead atoms. The molecular formula is C14H14BrFN2. The zero-order chi connectivity index (χ0) is 13.0. The Labute approximate surface area is 114 Å². The fourth-order valence-corrected chi connectivity index (χ4v) is 2.14. The molecule has 0 aliphatic heterocycles. The molecule has 1 unspecified atom stereocenters. The highest BCUT2D eigenvalue weighted by Gasteiger charge is 2.11. The summed E-state index contributed by atoms with van der Waals surface area (Å²) < 4.78 is 13.9. The van der Waals surface area contributed by atoms with E-state index in [0.717, 1.165) is 22.3 Å². The molecule has 0 fully saturated rings. The number of nitrogens with one attached hydrogen (secondary N) is 1. The number of para-hydroxylation sites is 1. The highest BCUT2D eigenvalue weighted by atomic mass is 79.9. The Hall–Kier alpha value is -1.42. The van der Waals surface area contributed by atoms with E-state index in [-0.39, 0.29) is 11.9 Å². The van der Waals surface area contributed by atoms with E-state index in [0.29, 0.717) is 0 Å².